The van der Waals surface area contributed by atoms with Crippen molar-refractivity contribution in [1.29, 1.82) is 0 Å². The molecule has 0 aromatic heterocycles. The van der Waals surface area contributed by atoms with Gasteiger partial charge in [0.1, 0.15) is 5.82 Å². The van der Waals surface area contributed by atoms with Crippen molar-refractivity contribution in [3.8, 4) is 0 Å². The minimum Gasteiger partial charge on any atom is -0.465 e. The van der Waals surface area contributed by atoms with Crippen LogP contribution in [0.15, 0.2) is 24.3 Å². The summed E-state index contributed by atoms with van der Waals surface area (Å²) in [6.07, 6.45) is -0.0880. The molecular weight excluding hydrogens is 285 g/mol. The number of amides is 1. The predicted molar refractivity (Wildman–Crippen MR) is 71.8 cm³/mol. The molecule has 20 heavy (non-hydrogen) atoms. The standard InChI is InChI=1S/C13H14FNO4S/c14-11-3-1-9(2-4-11)12(20(18)19)10-5-7-15(8-6-10)13(16)17/h1-4,10H,5-8H2,(H,16,17). The lowest BCUT2D eigenvalue weighted by Crippen LogP contribution is -2.39. The van der Waals surface area contributed by atoms with Crippen LogP contribution in [-0.4, -0.2) is 42.5 Å². The molecule has 0 saturated carbocycles. The van der Waals surface area contributed by atoms with Gasteiger partial charge in [-0.15, -0.1) is 0 Å². The average molecular weight is 299 g/mol. The molecule has 0 aliphatic carbocycles. The summed E-state index contributed by atoms with van der Waals surface area (Å²) >= 11 is 0. The first kappa shape index (κ1) is 14.5. The molecule has 1 fully saturated rings. The molecule has 1 heterocycles. The Morgan fingerprint density at radius 2 is 1.75 bits per heavy atom. The maximum absolute atomic E-state index is 12.9. The van der Waals surface area contributed by atoms with Gasteiger partial charge in [-0.2, -0.15) is 8.42 Å². The van der Waals surface area contributed by atoms with Crippen molar-refractivity contribution in [3.63, 3.8) is 0 Å². The minimum absolute atomic E-state index is 0.227. The van der Waals surface area contributed by atoms with Gasteiger partial charge in [-0.1, -0.05) is 12.1 Å². The van der Waals surface area contributed by atoms with Gasteiger partial charge in [0.2, 0.25) is 10.3 Å². The van der Waals surface area contributed by atoms with E-state index in [4.69, 9.17) is 5.11 Å². The van der Waals surface area contributed by atoms with E-state index in [2.05, 4.69) is 0 Å². The molecule has 1 aromatic rings. The van der Waals surface area contributed by atoms with Crippen LogP contribution >= 0.6 is 0 Å². The van der Waals surface area contributed by atoms with Crippen molar-refractivity contribution in [1.82, 2.24) is 4.90 Å². The lowest BCUT2D eigenvalue weighted by molar-refractivity contribution is 0.131. The van der Waals surface area contributed by atoms with Gasteiger partial charge in [0.15, 0.2) is 0 Å². The monoisotopic (exact) mass is 299 g/mol. The zero-order chi connectivity index (χ0) is 14.7. The molecule has 1 aromatic carbocycles. The van der Waals surface area contributed by atoms with E-state index < -0.39 is 22.2 Å². The van der Waals surface area contributed by atoms with Crippen molar-refractivity contribution >= 4 is 21.3 Å². The third-order valence-corrected chi connectivity index (χ3v) is 4.37. The number of benzene rings is 1. The van der Waals surface area contributed by atoms with Gasteiger partial charge in [-0.25, -0.2) is 9.18 Å². The van der Waals surface area contributed by atoms with E-state index in [1.807, 2.05) is 0 Å². The maximum atomic E-state index is 12.9. The number of likely N-dealkylation sites (tertiary alicyclic amines) is 1. The van der Waals surface area contributed by atoms with Crippen molar-refractivity contribution in [2.45, 2.75) is 12.8 Å². The molecule has 1 aliphatic rings. The van der Waals surface area contributed by atoms with Gasteiger partial charge in [-0.3, -0.25) is 0 Å². The molecule has 108 valence electrons. The Balaban J connectivity index is 2.23. The van der Waals surface area contributed by atoms with E-state index in [0.717, 1.165) is 0 Å². The van der Waals surface area contributed by atoms with Gasteiger partial charge < -0.3 is 10.0 Å². The Labute approximate surface area is 117 Å². The molecule has 2 rings (SSSR count). The number of hydrogen-bond donors (Lipinski definition) is 1. The molecule has 0 bridgehead atoms. The smallest absolute Gasteiger partial charge is 0.407 e. The first-order valence-electron chi connectivity index (χ1n) is 6.19. The lowest BCUT2D eigenvalue weighted by Gasteiger charge is -2.30. The predicted octanol–water partition coefficient (Wildman–Crippen LogP) is 1.62. The van der Waals surface area contributed by atoms with Gasteiger partial charge >= 0.3 is 6.09 Å². The number of rotatable bonds is 2. The quantitative estimate of drug-likeness (QED) is 0.665. The van der Waals surface area contributed by atoms with Gasteiger partial charge in [-0.05, 0) is 30.5 Å². The number of halogens is 1. The highest BCUT2D eigenvalue weighted by atomic mass is 32.2. The molecule has 1 N–H and O–H groups in total. The Morgan fingerprint density at radius 3 is 2.20 bits per heavy atom. The molecule has 1 saturated heterocycles. The Bertz CT molecular complexity index is 623. The van der Waals surface area contributed by atoms with Crippen LogP contribution in [0.4, 0.5) is 9.18 Å². The van der Waals surface area contributed by atoms with Crippen LogP contribution < -0.4 is 0 Å². The van der Waals surface area contributed by atoms with Crippen LogP contribution in [0.1, 0.15) is 18.4 Å². The minimum atomic E-state index is -2.40. The fraction of sp³-hybridized carbons (Fsp3) is 0.385. The van der Waals surface area contributed by atoms with E-state index in [9.17, 15) is 17.6 Å². The zero-order valence-corrected chi connectivity index (χ0v) is 11.4. The first-order chi connectivity index (χ1) is 9.49. The lowest BCUT2D eigenvalue weighted by atomic mass is 9.90. The van der Waals surface area contributed by atoms with Crippen LogP contribution in [0.5, 0.6) is 0 Å². The molecule has 1 amide bonds. The van der Waals surface area contributed by atoms with Crippen LogP contribution in [-0.2, 0) is 10.3 Å². The molecule has 5 nitrogen and oxygen atoms in total. The third kappa shape index (κ3) is 3.16. The maximum Gasteiger partial charge on any atom is 0.407 e. The third-order valence-electron chi connectivity index (χ3n) is 3.44. The summed E-state index contributed by atoms with van der Waals surface area (Å²) in [6.45, 7) is 0.615. The number of carboxylic acid groups (broad SMARTS) is 1. The number of piperidine rings is 1. The summed E-state index contributed by atoms with van der Waals surface area (Å²) < 4.78 is 35.8. The topological polar surface area (TPSA) is 74.7 Å². The highest BCUT2D eigenvalue weighted by molar-refractivity contribution is 7.73. The summed E-state index contributed by atoms with van der Waals surface area (Å²) in [7, 11) is -2.40. The van der Waals surface area contributed by atoms with Crippen molar-refractivity contribution < 1.29 is 22.7 Å². The van der Waals surface area contributed by atoms with E-state index >= 15 is 0 Å². The van der Waals surface area contributed by atoms with Crippen molar-refractivity contribution in [2.75, 3.05) is 13.1 Å². The number of carbonyl (C=O) groups is 1. The second-order valence-corrected chi connectivity index (χ2v) is 5.56. The molecular formula is C13H14FNO4S. The van der Waals surface area contributed by atoms with E-state index in [1.165, 1.54) is 29.2 Å². The zero-order valence-electron chi connectivity index (χ0n) is 10.6. The SMILES string of the molecule is O=C(O)N1CCC(C(c2ccc(F)cc2)=S(=O)=O)CC1. The van der Waals surface area contributed by atoms with E-state index in [1.54, 1.807) is 0 Å². The van der Waals surface area contributed by atoms with Gasteiger partial charge in [0.05, 0.1) is 4.86 Å². The molecule has 0 unspecified atom stereocenters. The van der Waals surface area contributed by atoms with Crippen molar-refractivity contribution in [2.24, 2.45) is 5.92 Å². The highest BCUT2D eigenvalue weighted by Crippen LogP contribution is 2.22. The number of hydrogen-bond acceptors (Lipinski definition) is 3. The second kappa shape index (κ2) is 6.04. The second-order valence-electron chi connectivity index (χ2n) is 4.65. The van der Waals surface area contributed by atoms with Gasteiger partial charge in [0.25, 0.3) is 0 Å². The molecule has 0 atom stereocenters. The normalized spacial score (nSPS) is 15.9. The van der Waals surface area contributed by atoms with E-state index in [-0.39, 0.29) is 10.8 Å². The summed E-state index contributed by atoms with van der Waals surface area (Å²) in [4.78, 5) is 12.3. The van der Waals surface area contributed by atoms with Crippen LogP contribution in [0.25, 0.3) is 0 Å². The highest BCUT2D eigenvalue weighted by Gasteiger charge is 2.27. The fourth-order valence-electron chi connectivity index (χ4n) is 2.42. The Hall–Kier alpha value is -1.89. The molecule has 0 spiro atoms. The summed E-state index contributed by atoms with van der Waals surface area (Å²) in [5.74, 6) is -0.653. The Morgan fingerprint density at radius 1 is 1.20 bits per heavy atom. The fourth-order valence-corrected chi connectivity index (χ4v) is 3.25. The molecule has 7 heteroatoms. The van der Waals surface area contributed by atoms with Crippen molar-refractivity contribution in [3.05, 3.63) is 35.6 Å². The van der Waals surface area contributed by atoms with Crippen LogP contribution in [0.2, 0.25) is 0 Å². The van der Waals surface area contributed by atoms with Crippen LogP contribution in [0.3, 0.4) is 0 Å². The first-order valence-corrected chi connectivity index (χ1v) is 7.26. The number of nitrogens with zero attached hydrogens (tertiary/aromatic N) is 1. The Kier molecular flexibility index (Phi) is 4.39. The molecule has 0 radical (unpaired) electrons. The average Bonchev–Trinajstić information content (AvgIpc) is 2.41. The summed E-state index contributed by atoms with van der Waals surface area (Å²) in [5, 5.41) is 8.88. The molecule has 1 aliphatic heterocycles. The van der Waals surface area contributed by atoms with E-state index in [0.29, 0.717) is 31.5 Å². The largest absolute Gasteiger partial charge is 0.465 e. The van der Waals surface area contributed by atoms with Crippen LogP contribution in [0, 0.1) is 11.7 Å². The summed E-state index contributed by atoms with van der Waals surface area (Å²) in [5.41, 5.74) is 0.466. The van der Waals surface area contributed by atoms with Gasteiger partial charge in [0, 0.05) is 19.0 Å². The summed E-state index contributed by atoms with van der Waals surface area (Å²) in [6, 6.07) is 5.30.